The average Bonchev–Trinajstić information content (AvgIpc) is 2.88. The lowest BCUT2D eigenvalue weighted by atomic mass is 9.75. The van der Waals surface area contributed by atoms with Crippen LogP contribution in [-0.2, 0) is 15.9 Å². The van der Waals surface area contributed by atoms with Crippen molar-refractivity contribution in [1.29, 1.82) is 0 Å². The molecule has 1 aromatic heterocycles. The monoisotopic (exact) mass is 303 g/mol. The molecule has 7 nitrogen and oxygen atoms in total. The smallest absolute Gasteiger partial charge is 0.465 e. The average molecular weight is 303 g/mol. The quantitative estimate of drug-likeness (QED) is 0.738. The van der Waals surface area contributed by atoms with Crippen molar-refractivity contribution in [2.45, 2.75) is 20.4 Å². The number of hydrogen-bond donors (Lipinski definition) is 3. The van der Waals surface area contributed by atoms with Gasteiger partial charge in [0.05, 0.1) is 17.6 Å². The predicted octanol–water partition coefficient (Wildman–Crippen LogP) is 1.10. The highest BCUT2D eigenvalue weighted by molar-refractivity contribution is 6.64. The molecule has 1 amide bonds. The minimum absolute atomic E-state index is 0.00649. The van der Waals surface area contributed by atoms with E-state index in [1.807, 2.05) is 18.2 Å². The second kappa shape index (κ2) is 5.62. The normalized spacial score (nSPS) is 17.6. The van der Waals surface area contributed by atoms with E-state index in [0.717, 1.165) is 16.5 Å². The maximum Gasteiger partial charge on any atom is 0.496 e. The van der Waals surface area contributed by atoms with E-state index in [9.17, 15) is 4.79 Å². The van der Waals surface area contributed by atoms with E-state index in [-0.39, 0.29) is 12.0 Å². The van der Waals surface area contributed by atoms with Crippen LogP contribution in [0.15, 0.2) is 18.2 Å². The van der Waals surface area contributed by atoms with Crippen molar-refractivity contribution in [3.63, 3.8) is 0 Å². The lowest BCUT2D eigenvalue weighted by molar-refractivity contribution is 0.0344. The molecular weight excluding hydrogens is 285 g/mol. The van der Waals surface area contributed by atoms with Crippen molar-refractivity contribution < 1.29 is 19.2 Å². The van der Waals surface area contributed by atoms with Crippen LogP contribution in [0.1, 0.15) is 19.7 Å². The zero-order chi connectivity index (χ0) is 15.7. The molecule has 2 aromatic rings. The number of fused-ring (bicyclic) bond motifs is 1. The van der Waals surface area contributed by atoms with Crippen molar-refractivity contribution in [2.24, 2.45) is 5.41 Å². The first-order valence-electron chi connectivity index (χ1n) is 7.12. The highest BCUT2D eigenvalue weighted by atomic mass is 16.6. The number of nitrogens with one attached hydrogen (secondary N) is 2. The van der Waals surface area contributed by atoms with Crippen molar-refractivity contribution in [1.82, 2.24) is 15.3 Å². The molecule has 0 unspecified atom stereocenters. The van der Waals surface area contributed by atoms with Gasteiger partial charge in [-0.1, -0.05) is 26.0 Å². The maximum absolute atomic E-state index is 10.6. The van der Waals surface area contributed by atoms with Gasteiger partial charge in [0.15, 0.2) is 0 Å². The number of nitrogens with zero attached hydrogens (tertiary/aromatic N) is 1. The zero-order valence-electron chi connectivity index (χ0n) is 12.5. The summed E-state index contributed by atoms with van der Waals surface area (Å²) >= 11 is 0. The number of carbonyl (C=O) groups is 1. The number of para-hydroxylation sites is 1. The van der Waals surface area contributed by atoms with E-state index in [4.69, 9.17) is 14.4 Å². The van der Waals surface area contributed by atoms with E-state index < -0.39 is 13.2 Å². The molecule has 8 heteroatoms. The Morgan fingerprint density at radius 1 is 1.45 bits per heavy atom. The van der Waals surface area contributed by atoms with Crippen LogP contribution in [0.3, 0.4) is 0 Å². The van der Waals surface area contributed by atoms with Gasteiger partial charge in [0.2, 0.25) is 0 Å². The Kier molecular flexibility index (Phi) is 3.80. The summed E-state index contributed by atoms with van der Waals surface area (Å²) in [6, 6.07) is 5.71. The van der Waals surface area contributed by atoms with Gasteiger partial charge < -0.3 is 24.7 Å². The second-order valence-corrected chi connectivity index (χ2v) is 6.20. The first-order valence-corrected chi connectivity index (χ1v) is 7.12. The molecular formula is C14H18BN3O4. The van der Waals surface area contributed by atoms with Gasteiger partial charge >= 0.3 is 13.2 Å². The van der Waals surface area contributed by atoms with Gasteiger partial charge in [-0.05, 0) is 6.07 Å². The maximum atomic E-state index is 10.6. The molecule has 1 aliphatic rings. The van der Waals surface area contributed by atoms with E-state index in [0.29, 0.717) is 19.0 Å². The summed E-state index contributed by atoms with van der Waals surface area (Å²) in [6.45, 7) is 5.54. The Balaban J connectivity index is 1.85. The number of hydrogen-bond acceptors (Lipinski definition) is 4. The fourth-order valence-corrected chi connectivity index (χ4v) is 2.41. The molecule has 3 rings (SSSR count). The van der Waals surface area contributed by atoms with Crippen LogP contribution < -0.4 is 10.8 Å². The Hall–Kier alpha value is -2.06. The summed E-state index contributed by atoms with van der Waals surface area (Å²) in [4.78, 5) is 18.1. The number of rotatable bonds is 3. The van der Waals surface area contributed by atoms with Gasteiger partial charge in [0, 0.05) is 24.1 Å². The van der Waals surface area contributed by atoms with Gasteiger partial charge in [0.25, 0.3) is 0 Å². The van der Waals surface area contributed by atoms with Crippen molar-refractivity contribution in [3.05, 3.63) is 24.0 Å². The fraction of sp³-hybridized carbons (Fsp3) is 0.429. The lowest BCUT2D eigenvalue weighted by Crippen LogP contribution is -2.47. The molecule has 3 N–H and O–H groups in total. The van der Waals surface area contributed by atoms with Crippen LogP contribution in [0, 0.1) is 5.41 Å². The molecule has 0 saturated carbocycles. The van der Waals surface area contributed by atoms with Crippen LogP contribution in [-0.4, -0.2) is 41.5 Å². The minimum atomic E-state index is -1.08. The van der Waals surface area contributed by atoms with Gasteiger partial charge in [0.1, 0.15) is 5.82 Å². The molecule has 1 fully saturated rings. The number of aromatic nitrogens is 2. The third-order valence-electron chi connectivity index (χ3n) is 3.50. The summed E-state index contributed by atoms with van der Waals surface area (Å²) in [5.74, 6) is 0.556. The van der Waals surface area contributed by atoms with Crippen molar-refractivity contribution in [2.75, 3.05) is 13.2 Å². The minimum Gasteiger partial charge on any atom is -0.465 e. The molecule has 0 atom stereocenters. The summed E-state index contributed by atoms with van der Waals surface area (Å²) in [5, 5.41) is 11.0. The molecule has 0 spiro atoms. The van der Waals surface area contributed by atoms with Crippen molar-refractivity contribution >= 4 is 29.7 Å². The number of aromatic amines is 1. The molecule has 1 aliphatic heterocycles. The highest BCUT2D eigenvalue weighted by Crippen LogP contribution is 2.22. The summed E-state index contributed by atoms with van der Waals surface area (Å²) in [5.41, 5.74) is 2.43. The molecule has 116 valence electrons. The fourth-order valence-electron chi connectivity index (χ4n) is 2.41. The third-order valence-corrected chi connectivity index (χ3v) is 3.50. The van der Waals surface area contributed by atoms with E-state index in [1.54, 1.807) is 0 Å². The zero-order valence-corrected chi connectivity index (χ0v) is 12.5. The first kappa shape index (κ1) is 14.9. The predicted molar refractivity (Wildman–Crippen MR) is 82.0 cm³/mol. The van der Waals surface area contributed by atoms with E-state index >= 15 is 0 Å². The topological polar surface area (TPSA) is 96.5 Å². The Labute approximate surface area is 128 Å². The largest absolute Gasteiger partial charge is 0.496 e. The lowest BCUT2D eigenvalue weighted by Gasteiger charge is -2.33. The molecule has 0 aliphatic carbocycles. The first-order chi connectivity index (χ1) is 10.4. The Bertz CT molecular complexity index is 690. The second-order valence-electron chi connectivity index (χ2n) is 6.20. The third kappa shape index (κ3) is 3.07. The number of carboxylic acid groups (broad SMARTS) is 1. The SMILES string of the molecule is CC1(C)COB(c2cccc3[nH]c(CNC(=O)O)nc23)OC1. The molecule has 0 bridgehead atoms. The van der Waals surface area contributed by atoms with Crippen LogP contribution in [0.5, 0.6) is 0 Å². The number of imidazole rings is 1. The van der Waals surface area contributed by atoms with Crippen LogP contribution in [0.25, 0.3) is 11.0 Å². The summed E-state index contributed by atoms with van der Waals surface area (Å²) < 4.78 is 11.6. The highest BCUT2D eigenvalue weighted by Gasteiger charge is 2.34. The molecule has 0 radical (unpaired) electrons. The van der Waals surface area contributed by atoms with Gasteiger partial charge in [-0.15, -0.1) is 0 Å². The molecule has 2 heterocycles. The molecule has 1 aromatic carbocycles. The van der Waals surface area contributed by atoms with E-state index in [2.05, 4.69) is 29.1 Å². The molecule has 1 saturated heterocycles. The van der Waals surface area contributed by atoms with Crippen LogP contribution >= 0.6 is 0 Å². The summed E-state index contributed by atoms with van der Waals surface area (Å²) in [6.07, 6.45) is -1.08. The van der Waals surface area contributed by atoms with Crippen LogP contribution in [0.4, 0.5) is 4.79 Å². The Morgan fingerprint density at radius 3 is 2.86 bits per heavy atom. The summed E-state index contributed by atoms with van der Waals surface area (Å²) in [7, 11) is -0.444. The van der Waals surface area contributed by atoms with E-state index in [1.165, 1.54) is 0 Å². The van der Waals surface area contributed by atoms with Gasteiger partial charge in [-0.25, -0.2) is 9.78 Å². The van der Waals surface area contributed by atoms with Crippen LogP contribution in [0.2, 0.25) is 0 Å². The van der Waals surface area contributed by atoms with Gasteiger partial charge in [-0.3, -0.25) is 0 Å². The number of H-pyrrole nitrogens is 1. The van der Waals surface area contributed by atoms with Crippen molar-refractivity contribution in [3.8, 4) is 0 Å². The Morgan fingerprint density at radius 2 is 2.18 bits per heavy atom. The number of benzene rings is 1. The van der Waals surface area contributed by atoms with Gasteiger partial charge in [-0.2, -0.15) is 0 Å². The number of amides is 1. The standard InChI is InChI=1S/C14H18BN3O4/c1-14(2)7-21-15(22-8-14)9-4-3-5-10-12(9)18-11(17-10)6-16-13(19)20/h3-5,16H,6-8H2,1-2H3,(H,17,18)(H,19,20). The molecule has 22 heavy (non-hydrogen) atoms.